The van der Waals surface area contributed by atoms with Crippen LogP contribution in [0.25, 0.3) is 0 Å². The molecule has 1 aromatic carbocycles. The van der Waals surface area contributed by atoms with Crippen molar-refractivity contribution >= 4 is 27.1 Å². The van der Waals surface area contributed by atoms with Gasteiger partial charge in [-0.15, -0.1) is 0 Å². The van der Waals surface area contributed by atoms with Crippen molar-refractivity contribution in [3.8, 4) is 0 Å². The van der Waals surface area contributed by atoms with E-state index in [0.717, 1.165) is 5.69 Å². The first-order chi connectivity index (χ1) is 6.75. The van der Waals surface area contributed by atoms with Gasteiger partial charge in [-0.1, -0.05) is 31.3 Å². The first-order valence-electron chi connectivity index (χ1n) is 4.57. The molecule has 14 heavy (non-hydrogen) atoms. The van der Waals surface area contributed by atoms with Gasteiger partial charge in [0.15, 0.2) is 15.2 Å². The molecule has 0 saturated heterocycles. The first-order valence-corrected chi connectivity index (χ1v) is 7.40. The lowest BCUT2D eigenvalue weighted by Crippen LogP contribution is -2.29. The lowest BCUT2D eigenvalue weighted by molar-refractivity contribution is -0.102. The van der Waals surface area contributed by atoms with Crippen LogP contribution in [0.1, 0.15) is 0 Å². The number of benzene rings is 1. The number of aldehydes is 1. The van der Waals surface area contributed by atoms with Gasteiger partial charge in [0.1, 0.15) is 0 Å². The van der Waals surface area contributed by atoms with Crippen LogP contribution in [0.3, 0.4) is 0 Å². The Labute approximate surface area is 85.7 Å². The Balaban J connectivity index is 2.89. The largest absolute Gasteiger partial charge is 0.299 e. The van der Waals surface area contributed by atoms with Crippen LogP contribution in [0, 0.1) is 0 Å². The van der Waals surface area contributed by atoms with E-state index >= 15 is 0 Å². The molecule has 0 aliphatic heterocycles. The van der Waals surface area contributed by atoms with Crippen molar-refractivity contribution in [3.63, 3.8) is 0 Å². The molecule has 0 bridgehead atoms. The third-order valence-corrected chi connectivity index (χ3v) is 3.17. The Bertz CT molecular complexity index is 311. The number of hydrazone groups is 1. The van der Waals surface area contributed by atoms with E-state index in [-0.39, 0.29) is 0 Å². The zero-order valence-electron chi connectivity index (χ0n) is 8.42. The topological polar surface area (TPSA) is 32.7 Å². The van der Waals surface area contributed by atoms with E-state index in [1.54, 1.807) is 0 Å². The van der Waals surface area contributed by atoms with Crippen LogP contribution in [0.2, 0.25) is 13.1 Å². The van der Waals surface area contributed by atoms with E-state index in [1.165, 1.54) is 6.21 Å². The smallest absolute Gasteiger partial charge is 0.164 e. The van der Waals surface area contributed by atoms with Gasteiger partial charge in [-0.3, -0.25) is 9.47 Å². The van der Waals surface area contributed by atoms with Gasteiger partial charge in [0.2, 0.25) is 0 Å². The van der Waals surface area contributed by atoms with Crippen molar-refractivity contribution in [1.82, 2.24) is 0 Å². The van der Waals surface area contributed by atoms with E-state index in [1.807, 2.05) is 35.0 Å². The van der Waals surface area contributed by atoms with Gasteiger partial charge >= 0.3 is 0 Å². The predicted octanol–water partition coefficient (Wildman–Crippen LogP) is 1.66. The molecule has 1 aromatic rings. The Morgan fingerprint density at radius 3 is 2.43 bits per heavy atom. The summed E-state index contributed by atoms with van der Waals surface area (Å²) in [6, 6.07) is 9.89. The highest BCUT2D eigenvalue weighted by molar-refractivity contribution is 6.60. The highest BCUT2D eigenvalue weighted by atomic mass is 28.3. The molecule has 0 heterocycles. The normalized spacial score (nSPS) is 10.8. The van der Waals surface area contributed by atoms with E-state index in [4.69, 9.17) is 0 Å². The van der Waals surface area contributed by atoms with Crippen molar-refractivity contribution in [2.24, 2.45) is 5.10 Å². The molecule has 0 aliphatic carbocycles. The maximum Gasteiger partial charge on any atom is 0.164 e. The average molecular weight is 206 g/mol. The number of anilines is 1. The van der Waals surface area contributed by atoms with Gasteiger partial charge < -0.3 is 0 Å². The summed E-state index contributed by atoms with van der Waals surface area (Å²) in [5.41, 5.74) is 1.05. The lowest BCUT2D eigenvalue weighted by atomic mass is 10.3. The number of carbonyl (C=O) groups excluding carboxylic acids is 1. The fourth-order valence-electron chi connectivity index (χ4n) is 1.18. The highest BCUT2D eigenvalue weighted by Gasteiger charge is 2.08. The van der Waals surface area contributed by atoms with Gasteiger partial charge in [-0.05, 0) is 12.1 Å². The fraction of sp³-hybridized carbons (Fsp3) is 0.200. The fourth-order valence-corrected chi connectivity index (χ4v) is 2.29. The Kier molecular flexibility index (Phi) is 4.06. The molecule has 1 rings (SSSR count). The molecule has 0 radical (unpaired) electrons. The average Bonchev–Trinajstić information content (AvgIpc) is 2.19. The van der Waals surface area contributed by atoms with Gasteiger partial charge in [0.25, 0.3) is 0 Å². The second-order valence-electron chi connectivity index (χ2n) is 3.17. The van der Waals surface area contributed by atoms with Gasteiger partial charge in [0.05, 0.1) is 6.21 Å². The first kappa shape index (κ1) is 10.7. The summed E-state index contributed by atoms with van der Waals surface area (Å²) in [5.74, 6) is 0. The van der Waals surface area contributed by atoms with Crippen LogP contribution >= 0.6 is 0 Å². The summed E-state index contributed by atoms with van der Waals surface area (Å²) in [5, 5.41) is 4.11. The van der Waals surface area contributed by atoms with Crippen molar-refractivity contribution in [1.29, 1.82) is 0 Å². The molecular weight excluding hydrogens is 192 g/mol. The highest BCUT2D eigenvalue weighted by Crippen LogP contribution is 2.14. The second-order valence-corrected chi connectivity index (χ2v) is 5.85. The van der Waals surface area contributed by atoms with Crippen LogP contribution < -0.4 is 4.67 Å². The summed E-state index contributed by atoms with van der Waals surface area (Å²) < 4.78 is 1.94. The van der Waals surface area contributed by atoms with Crippen LogP contribution in [0.15, 0.2) is 35.4 Å². The zero-order chi connectivity index (χ0) is 10.4. The Morgan fingerprint density at radius 1 is 1.29 bits per heavy atom. The van der Waals surface area contributed by atoms with Crippen molar-refractivity contribution in [2.45, 2.75) is 13.1 Å². The molecule has 0 spiro atoms. The van der Waals surface area contributed by atoms with E-state index in [9.17, 15) is 4.79 Å². The summed E-state index contributed by atoms with van der Waals surface area (Å²) in [7, 11) is -1.07. The predicted molar refractivity (Wildman–Crippen MR) is 62.4 cm³/mol. The molecule has 0 aliphatic rings. The summed E-state index contributed by atoms with van der Waals surface area (Å²) in [6.07, 6.45) is 1.99. The quantitative estimate of drug-likeness (QED) is 0.325. The van der Waals surface area contributed by atoms with Crippen molar-refractivity contribution in [3.05, 3.63) is 30.3 Å². The maximum atomic E-state index is 10.2. The van der Waals surface area contributed by atoms with Crippen molar-refractivity contribution in [2.75, 3.05) is 4.67 Å². The standard InChI is InChI=1S/C10H14N2OSi/c1-14(2)12(11-8-9-13)10-6-4-3-5-7-10/h3-9,14H,1-2H3. The van der Waals surface area contributed by atoms with E-state index in [0.29, 0.717) is 6.29 Å². The van der Waals surface area contributed by atoms with Crippen molar-refractivity contribution < 1.29 is 4.79 Å². The summed E-state index contributed by atoms with van der Waals surface area (Å²) >= 11 is 0. The molecule has 0 aromatic heterocycles. The Morgan fingerprint density at radius 2 is 1.93 bits per heavy atom. The monoisotopic (exact) mass is 206 g/mol. The minimum atomic E-state index is -1.07. The van der Waals surface area contributed by atoms with Crippen LogP contribution in [0.4, 0.5) is 5.69 Å². The van der Waals surface area contributed by atoms with Gasteiger partial charge in [-0.2, -0.15) is 5.10 Å². The lowest BCUT2D eigenvalue weighted by Gasteiger charge is -2.22. The zero-order valence-corrected chi connectivity index (χ0v) is 9.58. The molecule has 0 atom stereocenters. The number of hydrogen-bond acceptors (Lipinski definition) is 3. The maximum absolute atomic E-state index is 10.2. The summed E-state index contributed by atoms with van der Waals surface area (Å²) in [4.78, 5) is 10.2. The molecule has 74 valence electrons. The Hall–Kier alpha value is -1.42. The summed E-state index contributed by atoms with van der Waals surface area (Å²) in [6.45, 7) is 4.32. The van der Waals surface area contributed by atoms with Crippen LogP contribution in [-0.2, 0) is 4.79 Å². The van der Waals surface area contributed by atoms with Gasteiger partial charge in [0, 0.05) is 5.69 Å². The second kappa shape index (κ2) is 5.34. The SMILES string of the molecule is C[SiH](C)N(N=CC=O)c1ccccc1. The molecule has 4 heteroatoms. The molecule has 3 nitrogen and oxygen atoms in total. The third kappa shape index (κ3) is 2.81. The molecule has 0 N–H and O–H groups in total. The number of para-hydroxylation sites is 1. The number of carbonyl (C=O) groups is 1. The third-order valence-electron chi connectivity index (χ3n) is 1.76. The molecule has 0 saturated carbocycles. The molecule has 0 unspecified atom stereocenters. The van der Waals surface area contributed by atoms with E-state index in [2.05, 4.69) is 18.2 Å². The molecule has 0 amide bonds. The number of rotatable bonds is 4. The minimum Gasteiger partial charge on any atom is -0.299 e. The number of hydrogen-bond donors (Lipinski definition) is 0. The van der Waals surface area contributed by atoms with Gasteiger partial charge in [-0.25, -0.2) is 0 Å². The molecule has 0 fully saturated rings. The van der Waals surface area contributed by atoms with Crippen LogP contribution in [-0.4, -0.2) is 21.5 Å². The minimum absolute atomic E-state index is 0.701. The van der Waals surface area contributed by atoms with Crippen LogP contribution in [0.5, 0.6) is 0 Å². The molecular formula is C10H14N2OSi. The van der Waals surface area contributed by atoms with E-state index < -0.39 is 8.96 Å². The number of nitrogens with zero attached hydrogens (tertiary/aromatic N) is 2.